The van der Waals surface area contributed by atoms with Gasteiger partial charge in [-0.15, -0.1) is 0 Å². The molecular formula is C19H22N4O2. The maximum Gasteiger partial charge on any atom is 0.225 e. The lowest BCUT2D eigenvalue weighted by atomic mass is 9.97. The Morgan fingerprint density at radius 1 is 1.36 bits per heavy atom. The van der Waals surface area contributed by atoms with Gasteiger partial charge in [-0.2, -0.15) is 0 Å². The molecule has 3 heterocycles. The molecule has 4 rings (SSSR count). The Bertz CT molecular complexity index is 849. The SMILES string of the molecule is Cc1ccc(CNC(=O)[C@H]2CCCN(c3nc4ccccc4[nH]3)C2)o1. The number of rotatable bonds is 4. The van der Waals surface area contributed by atoms with Crippen LogP contribution in [0, 0.1) is 12.8 Å². The molecule has 0 radical (unpaired) electrons. The van der Waals surface area contributed by atoms with Crippen molar-refractivity contribution in [3.63, 3.8) is 0 Å². The van der Waals surface area contributed by atoms with Gasteiger partial charge in [0, 0.05) is 13.1 Å². The summed E-state index contributed by atoms with van der Waals surface area (Å²) in [6, 6.07) is 11.8. The number of aryl methyl sites for hydroxylation is 1. The van der Waals surface area contributed by atoms with E-state index in [1.54, 1.807) is 0 Å². The Labute approximate surface area is 146 Å². The van der Waals surface area contributed by atoms with E-state index in [9.17, 15) is 4.79 Å². The van der Waals surface area contributed by atoms with Gasteiger partial charge in [0.15, 0.2) is 0 Å². The minimum absolute atomic E-state index is 0.0296. The van der Waals surface area contributed by atoms with Crippen molar-refractivity contribution in [2.75, 3.05) is 18.0 Å². The minimum atomic E-state index is -0.0296. The number of fused-ring (bicyclic) bond motifs is 1. The molecule has 1 aliphatic rings. The van der Waals surface area contributed by atoms with E-state index in [2.05, 4.69) is 20.2 Å². The molecule has 3 aromatic rings. The van der Waals surface area contributed by atoms with E-state index in [0.717, 1.165) is 47.9 Å². The first kappa shape index (κ1) is 15.7. The van der Waals surface area contributed by atoms with Crippen LogP contribution in [0.2, 0.25) is 0 Å². The lowest BCUT2D eigenvalue weighted by Gasteiger charge is -2.31. The molecule has 1 saturated heterocycles. The zero-order valence-electron chi connectivity index (χ0n) is 14.3. The van der Waals surface area contributed by atoms with E-state index in [-0.39, 0.29) is 11.8 Å². The number of H-pyrrole nitrogens is 1. The molecule has 0 unspecified atom stereocenters. The highest BCUT2D eigenvalue weighted by Crippen LogP contribution is 2.23. The number of amides is 1. The fraction of sp³-hybridized carbons (Fsp3) is 0.368. The van der Waals surface area contributed by atoms with Crippen LogP contribution in [0.1, 0.15) is 24.4 Å². The molecule has 1 atom stereocenters. The largest absolute Gasteiger partial charge is 0.465 e. The van der Waals surface area contributed by atoms with E-state index in [1.807, 2.05) is 43.3 Å². The average molecular weight is 338 g/mol. The maximum absolute atomic E-state index is 12.5. The van der Waals surface area contributed by atoms with Crippen LogP contribution < -0.4 is 10.2 Å². The number of nitrogens with zero attached hydrogens (tertiary/aromatic N) is 2. The van der Waals surface area contributed by atoms with Gasteiger partial charge in [0.25, 0.3) is 0 Å². The monoisotopic (exact) mass is 338 g/mol. The summed E-state index contributed by atoms with van der Waals surface area (Å²) in [5.41, 5.74) is 1.98. The van der Waals surface area contributed by atoms with E-state index in [0.29, 0.717) is 13.1 Å². The lowest BCUT2D eigenvalue weighted by molar-refractivity contribution is -0.125. The number of nitrogens with one attached hydrogen (secondary N) is 2. The topological polar surface area (TPSA) is 74.2 Å². The highest BCUT2D eigenvalue weighted by molar-refractivity contribution is 5.80. The van der Waals surface area contributed by atoms with E-state index < -0.39 is 0 Å². The number of aromatic nitrogens is 2. The molecular weight excluding hydrogens is 316 g/mol. The normalized spacial score (nSPS) is 17.8. The first-order chi connectivity index (χ1) is 12.2. The summed E-state index contributed by atoms with van der Waals surface area (Å²) in [6.45, 7) is 3.94. The number of benzene rings is 1. The molecule has 6 heteroatoms. The van der Waals surface area contributed by atoms with Crippen molar-refractivity contribution in [1.82, 2.24) is 15.3 Å². The molecule has 0 saturated carbocycles. The van der Waals surface area contributed by atoms with Crippen LogP contribution in [-0.4, -0.2) is 29.0 Å². The number of piperidine rings is 1. The highest BCUT2D eigenvalue weighted by Gasteiger charge is 2.27. The molecule has 0 bridgehead atoms. The smallest absolute Gasteiger partial charge is 0.225 e. The van der Waals surface area contributed by atoms with Crippen LogP contribution in [0.5, 0.6) is 0 Å². The Morgan fingerprint density at radius 3 is 3.04 bits per heavy atom. The average Bonchev–Trinajstić information content (AvgIpc) is 3.25. The van der Waals surface area contributed by atoms with Gasteiger partial charge in [0.05, 0.1) is 23.5 Å². The molecule has 130 valence electrons. The quantitative estimate of drug-likeness (QED) is 0.767. The van der Waals surface area contributed by atoms with Gasteiger partial charge in [0.1, 0.15) is 11.5 Å². The molecule has 1 aromatic carbocycles. The summed E-state index contributed by atoms with van der Waals surface area (Å²) in [6.07, 6.45) is 1.88. The molecule has 0 spiro atoms. The Hall–Kier alpha value is -2.76. The fourth-order valence-electron chi connectivity index (χ4n) is 3.37. The predicted octanol–water partition coefficient (Wildman–Crippen LogP) is 3.00. The van der Waals surface area contributed by atoms with Crippen LogP contribution in [0.4, 0.5) is 5.95 Å². The van der Waals surface area contributed by atoms with Crippen molar-refractivity contribution in [3.8, 4) is 0 Å². The summed E-state index contributed by atoms with van der Waals surface area (Å²) < 4.78 is 5.51. The summed E-state index contributed by atoms with van der Waals surface area (Å²) in [5.74, 6) is 2.54. The number of aromatic amines is 1. The van der Waals surface area contributed by atoms with E-state index in [4.69, 9.17) is 4.42 Å². The summed E-state index contributed by atoms with van der Waals surface area (Å²) in [5, 5.41) is 2.99. The Balaban J connectivity index is 1.40. The predicted molar refractivity (Wildman–Crippen MR) is 96.3 cm³/mol. The third-order valence-electron chi connectivity index (χ3n) is 4.70. The van der Waals surface area contributed by atoms with Crippen LogP contribution in [0.15, 0.2) is 40.8 Å². The summed E-state index contributed by atoms with van der Waals surface area (Å²) in [7, 11) is 0. The molecule has 1 fully saturated rings. The van der Waals surface area contributed by atoms with E-state index >= 15 is 0 Å². The second-order valence-electron chi connectivity index (χ2n) is 6.59. The van der Waals surface area contributed by atoms with Gasteiger partial charge < -0.3 is 19.6 Å². The molecule has 6 nitrogen and oxygen atoms in total. The molecule has 25 heavy (non-hydrogen) atoms. The van der Waals surface area contributed by atoms with Crippen molar-refractivity contribution in [2.24, 2.45) is 5.92 Å². The summed E-state index contributed by atoms with van der Waals surface area (Å²) in [4.78, 5) is 22.7. The lowest BCUT2D eigenvalue weighted by Crippen LogP contribution is -2.43. The zero-order valence-corrected chi connectivity index (χ0v) is 14.3. The second kappa shape index (κ2) is 6.63. The van der Waals surface area contributed by atoms with Gasteiger partial charge in [-0.3, -0.25) is 4.79 Å². The van der Waals surface area contributed by atoms with Crippen molar-refractivity contribution in [1.29, 1.82) is 0 Å². The van der Waals surface area contributed by atoms with Gasteiger partial charge >= 0.3 is 0 Å². The van der Waals surface area contributed by atoms with Crippen molar-refractivity contribution in [3.05, 3.63) is 47.9 Å². The minimum Gasteiger partial charge on any atom is -0.465 e. The van der Waals surface area contributed by atoms with Crippen LogP contribution >= 0.6 is 0 Å². The molecule has 1 amide bonds. The number of hydrogen-bond donors (Lipinski definition) is 2. The van der Waals surface area contributed by atoms with Crippen LogP contribution in [-0.2, 0) is 11.3 Å². The molecule has 2 aromatic heterocycles. The third-order valence-corrected chi connectivity index (χ3v) is 4.70. The van der Waals surface area contributed by atoms with Gasteiger partial charge in [0.2, 0.25) is 11.9 Å². The van der Waals surface area contributed by atoms with Gasteiger partial charge in [-0.25, -0.2) is 4.98 Å². The third kappa shape index (κ3) is 3.38. The first-order valence-corrected chi connectivity index (χ1v) is 8.72. The highest BCUT2D eigenvalue weighted by atomic mass is 16.3. The van der Waals surface area contributed by atoms with Crippen LogP contribution in [0.3, 0.4) is 0 Å². The fourth-order valence-corrected chi connectivity index (χ4v) is 3.37. The van der Waals surface area contributed by atoms with Crippen LogP contribution in [0.25, 0.3) is 11.0 Å². The number of hydrogen-bond acceptors (Lipinski definition) is 4. The Kier molecular flexibility index (Phi) is 4.17. The van der Waals surface area contributed by atoms with E-state index in [1.165, 1.54) is 0 Å². The molecule has 1 aliphatic heterocycles. The van der Waals surface area contributed by atoms with Crippen molar-refractivity contribution in [2.45, 2.75) is 26.3 Å². The standard InChI is InChI=1S/C19H22N4O2/c1-13-8-9-15(25-13)11-20-18(24)14-5-4-10-23(12-14)19-21-16-6-2-3-7-17(16)22-19/h2-3,6-9,14H,4-5,10-12H2,1H3,(H,20,24)(H,21,22)/t14-/m0/s1. The zero-order chi connectivity index (χ0) is 17.2. The van der Waals surface area contributed by atoms with Gasteiger partial charge in [-0.1, -0.05) is 12.1 Å². The number of anilines is 1. The summed E-state index contributed by atoms with van der Waals surface area (Å²) >= 11 is 0. The number of carbonyl (C=O) groups excluding carboxylic acids is 1. The molecule has 0 aliphatic carbocycles. The number of carbonyl (C=O) groups is 1. The van der Waals surface area contributed by atoms with Gasteiger partial charge in [-0.05, 0) is 44.0 Å². The first-order valence-electron chi connectivity index (χ1n) is 8.72. The number of imidazole rings is 1. The van der Waals surface area contributed by atoms with Crippen molar-refractivity contribution >= 4 is 22.9 Å². The number of furan rings is 1. The van der Waals surface area contributed by atoms with Crippen molar-refractivity contribution < 1.29 is 9.21 Å². The number of para-hydroxylation sites is 2. The second-order valence-corrected chi connectivity index (χ2v) is 6.59. The Morgan fingerprint density at radius 2 is 2.24 bits per heavy atom. The molecule has 2 N–H and O–H groups in total. The maximum atomic E-state index is 12.5.